The van der Waals surface area contributed by atoms with E-state index in [2.05, 4.69) is 10.4 Å². The summed E-state index contributed by atoms with van der Waals surface area (Å²) in [6.07, 6.45) is 2.31. The van der Waals surface area contributed by atoms with E-state index < -0.39 is 5.69 Å². The van der Waals surface area contributed by atoms with Crippen LogP contribution in [0.25, 0.3) is 17.1 Å². The monoisotopic (exact) mass is 382 g/mol. The lowest BCUT2D eigenvalue weighted by Gasteiger charge is -2.06. The van der Waals surface area contributed by atoms with Gasteiger partial charge in [-0.05, 0) is 30.9 Å². The lowest BCUT2D eigenvalue weighted by molar-refractivity contribution is -0.121. The highest BCUT2D eigenvalue weighted by Crippen LogP contribution is 2.27. The van der Waals surface area contributed by atoms with Crippen LogP contribution in [0.15, 0.2) is 59.4 Å². The lowest BCUT2D eigenvalue weighted by atomic mass is 10.2. The van der Waals surface area contributed by atoms with E-state index in [4.69, 9.17) is 11.6 Å². The summed E-state index contributed by atoms with van der Waals surface area (Å²) in [5, 5.41) is 7.79. The molecule has 0 bridgehead atoms. The molecule has 0 saturated heterocycles. The van der Waals surface area contributed by atoms with Crippen LogP contribution in [0.1, 0.15) is 12.8 Å². The molecule has 3 aromatic rings. The number of rotatable bonds is 6. The van der Waals surface area contributed by atoms with Crippen molar-refractivity contribution in [3.05, 3.63) is 70.1 Å². The Labute approximate surface area is 161 Å². The average molecular weight is 383 g/mol. The number of carbonyl (C=O) groups excluding carboxylic acids is 1. The van der Waals surface area contributed by atoms with E-state index in [0.717, 1.165) is 18.4 Å². The third-order valence-corrected chi connectivity index (χ3v) is 4.88. The molecule has 1 aromatic heterocycles. The van der Waals surface area contributed by atoms with E-state index in [1.54, 1.807) is 24.3 Å². The van der Waals surface area contributed by atoms with Gasteiger partial charge in [-0.3, -0.25) is 9.36 Å². The van der Waals surface area contributed by atoms with Crippen molar-refractivity contribution in [3.63, 3.8) is 0 Å². The van der Waals surface area contributed by atoms with Crippen molar-refractivity contribution in [1.82, 2.24) is 19.7 Å². The maximum atomic E-state index is 13.0. The number of benzene rings is 2. The van der Waals surface area contributed by atoms with E-state index >= 15 is 0 Å². The average Bonchev–Trinajstić information content (AvgIpc) is 3.46. The second-order valence-electron chi connectivity index (χ2n) is 6.67. The van der Waals surface area contributed by atoms with Crippen molar-refractivity contribution in [2.45, 2.75) is 19.4 Å². The zero-order valence-electron chi connectivity index (χ0n) is 14.6. The second kappa shape index (κ2) is 7.40. The normalized spacial score (nSPS) is 13.5. The third-order valence-electron chi connectivity index (χ3n) is 4.56. The molecule has 2 aromatic carbocycles. The van der Waals surface area contributed by atoms with E-state index in [1.807, 2.05) is 30.3 Å². The smallest absolute Gasteiger partial charge is 0.351 e. The summed E-state index contributed by atoms with van der Waals surface area (Å²) in [7, 11) is 0. The fourth-order valence-corrected chi connectivity index (χ4v) is 3.12. The first-order chi connectivity index (χ1) is 13.1. The van der Waals surface area contributed by atoms with E-state index in [9.17, 15) is 9.59 Å². The number of aromatic nitrogens is 3. The number of nitrogens with one attached hydrogen (secondary N) is 1. The van der Waals surface area contributed by atoms with Gasteiger partial charge in [0.1, 0.15) is 6.54 Å². The van der Waals surface area contributed by atoms with Crippen LogP contribution in [0.4, 0.5) is 0 Å². The van der Waals surface area contributed by atoms with Gasteiger partial charge in [0.05, 0.1) is 10.7 Å². The van der Waals surface area contributed by atoms with Crippen LogP contribution in [0.5, 0.6) is 0 Å². The van der Waals surface area contributed by atoms with E-state index in [0.29, 0.717) is 29.0 Å². The molecule has 0 atom stereocenters. The van der Waals surface area contributed by atoms with Crippen LogP contribution in [-0.4, -0.2) is 26.8 Å². The topological polar surface area (TPSA) is 68.9 Å². The number of hydrogen-bond donors (Lipinski definition) is 1. The summed E-state index contributed by atoms with van der Waals surface area (Å²) in [4.78, 5) is 25.4. The SMILES string of the molecule is O=C(Cn1c(-c2ccccc2)nn(-c2ccccc2Cl)c1=O)NCC1CC1. The summed E-state index contributed by atoms with van der Waals surface area (Å²) in [6.45, 7) is 0.577. The summed E-state index contributed by atoms with van der Waals surface area (Å²) >= 11 is 6.25. The molecule has 1 amide bonds. The van der Waals surface area contributed by atoms with Gasteiger partial charge < -0.3 is 5.32 Å². The number of nitrogens with zero attached hydrogens (tertiary/aromatic N) is 3. The molecule has 1 aliphatic rings. The van der Waals surface area contributed by atoms with Gasteiger partial charge in [0.15, 0.2) is 5.82 Å². The van der Waals surface area contributed by atoms with Gasteiger partial charge >= 0.3 is 5.69 Å². The standard InChI is InChI=1S/C20H19ClN4O2/c21-16-8-4-5-9-17(16)25-20(27)24(13-18(26)22-12-14-10-11-14)19(23-25)15-6-2-1-3-7-15/h1-9,14H,10-13H2,(H,22,26). The minimum atomic E-state index is -0.400. The van der Waals surface area contributed by atoms with Crippen molar-refractivity contribution < 1.29 is 4.79 Å². The fourth-order valence-electron chi connectivity index (χ4n) is 2.90. The Balaban J connectivity index is 1.74. The summed E-state index contributed by atoms with van der Waals surface area (Å²) < 4.78 is 2.64. The highest BCUT2D eigenvalue weighted by Gasteiger charge is 2.23. The van der Waals surface area contributed by atoms with Gasteiger partial charge in [0, 0.05) is 12.1 Å². The first-order valence-electron chi connectivity index (χ1n) is 8.90. The van der Waals surface area contributed by atoms with Crippen LogP contribution in [0.2, 0.25) is 5.02 Å². The number of carbonyl (C=O) groups is 1. The molecule has 1 saturated carbocycles. The molecule has 0 aliphatic heterocycles. The first-order valence-corrected chi connectivity index (χ1v) is 9.28. The molecule has 138 valence electrons. The Bertz CT molecular complexity index is 1020. The maximum absolute atomic E-state index is 13.0. The summed E-state index contributed by atoms with van der Waals surface area (Å²) in [5.41, 5.74) is 0.845. The zero-order chi connectivity index (χ0) is 18.8. The van der Waals surface area contributed by atoms with Gasteiger partial charge in [-0.15, -0.1) is 5.10 Å². The van der Waals surface area contributed by atoms with Gasteiger partial charge in [0.2, 0.25) is 5.91 Å². The molecule has 1 fully saturated rings. The summed E-state index contributed by atoms with van der Waals surface area (Å²) in [5.74, 6) is 0.812. The maximum Gasteiger partial charge on any atom is 0.351 e. The largest absolute Gasteiger partial charge is 0.354 e. The third kappa shape index (κ3) is 3.80. The zero-order valence-corrected chi connectivity index (χ0v) is 15.4. The Morgan fingerprint density at radius 1 is 1.11 bits per heavy atom. The van der Waals surface area contributed by atoms with Crippen molar-refractivity contribution in [3.8, 4) is 17.1 Å². The van der Waals surface area contributed by atoms with Gasteiger partial charge in [-0.1, -0.05) is 54.1 Å². The predicted octanol–water partition coefficient (Wildman–Crippen LogP) is 2.88. The number of halogens is 1. The minimum absolute atomic E-state index is 0.0831. The highest BCUT2D eigenvalue weighted by molar-refractivity contribution is 6.32. The summed E-state index contributed by atoms with van der Waals surface area (Å²) in [6, 6.07) is 16.3. The molecule has 1 N–H and O–H groups in total. The molecule has 4 rings (SSSR count). The Morgan fingerprint density at radius 3 is 2.52 bits per heavy atom. The number of para-hydroxylation sites is 1. The Kier molecular flexibility index (Phi) is 4.81. The van der Waals surface area contributed by atoms with Crippen LogP contribution in [0.3, 0.4) is 0 Å². The van der Waals surface area contributed by atoms with E-state index in [-0.39, 0.29) is 12.5 Å². The van der Waals surface area contributed by atoms with Gasteiger partial charge in [0.25, 0.3) is 0 Å². The molecule has 27 heavy (non-hydrogen) atoms. The second-order valence-corrected chi connectivity index (χ2v) is 7.08. The lowest BCUT2D eigenvalue weighted by Crippen LogP contribution is -2.34. The van der Waals surface area contributed by atoms with Crippen LogP contribution in [0, 0.1) is 5.92 Å². The molecular weight excluding hydrogens is 364 g/mol. The Morgan fingerprint density at radius 2 is 1.81 bits per heavy atom. The Hall–Kier alpha value is -2.86. The molecule has 0 spiro atoms. The van der Waals surface area contributed by atoms with Crippen molar-refractivity contribution in [2.24, 2.45) is 5.92 Å². The van der Waals surface area contributed by atoms with Gasteiger partial charge in [-0.2, -0.15) is 4.68 Å². The van der Waals surface area contributed by atoms with Crippen molar-refractivity contribution >= 4 is 17.5 Å². The van der Waals surface area contributed by atoms with Crippen LogP contribution >= 0.6 is 11.6 Å². The van der Waals surface area contributed by atoms with E-state index in [1.165, 1.54) is 9.25 Å². The van der Waals surface area contributed by atoms with Crippen molar-refractivity contribution in [2.75, 3.05) is 6.54 Å². The molecule has 7 heteroatoms. The first kappa shape index (κ1) is 17.5. The number of hydrogen-bond acceptors (Lipinski definition) is 3. The highest BCUT2D eigenvalue weighted by atomic mass is 35.5. The molecule has 1 aliphatic carbocycles. The predicted molar refractivity (Wildman–Crippen MR) is 104 cm³/mol. The minimum Gasteiger partial charge on any atom is -0.354 e. The quantitative estimate of drug-likeness (QED) is 0.712. The van der Waals surface area contributed by atoms with Crippen LogP contribution < -0.4 is 11.0 Å². The number of amides is 1. The molecule has 0 unspecified atom stereocenters. The fraction of sp³-hybridized carbons (Fsp3) is 0.250. The van der Waals surface area contributed by atoms with Crippen molar-refractivity contribution in [1.29, 1.82) is 0 Å². The van der Waals surface area contributed by atoms with Crippen LogP contribution in [-0.2, 0) is 11.3 Å². The van der Waals surface area contributed by atoms with Gasteiger partial charge in [-0.25, -0.2) is 4.79 Å². The molecular formula is C20H19ClN4O2. The molecule has 1 heterocycles. The molecule has 0 radical (unpaired) electrons. The molecule has 6 nitrogen and oxygen atoms in total.